The lowest BCUT2D eigenvalue weighted by molar-refractivity contribution is 0.111. The van der Waals surface area contributed by atoms with Gasteiger partial charge < -0.3 is 15.3 Å². The molecule has 17 heavy (non-hydrogen) atoms. The first-order chi connectivity index (χ1) is 7.99. The van der Waals surface area contributed by atoms with E-state index < -0.39 is 0 Å². The third kappa shape index (κ3) is 5.84. The van der Waals surface area contributed by atoms with Crippen LogP contribution in [0.25, 0.3) is 0 Å². The maximum absolute atomic E-state index is 9.76. The number of rotatable bonds is 6. The fourth-order valence-electron chi connectivity index (χ4n) is 2.36. The van der Waals surface area contributed by atoms with Crippen LogP contribution in [-0.2, 0) is 0 Å². The highest BCUT2D eigenvalue weighted by Crippen LogP contribution is 2.12. The van der Waals surface area contributed by atoms with Crippen molar-refractivity contribution < 1.29 is 5.11 Å². The van der Waals surface area contributed by atoms with Crippen LogP contribution in [0.2, 0.25) is 0 Å². The molecule has 1 heterocycles. The molecule has 0 aromatic heterocycles. The van der Waals surface area contributed by atoms with Gasteiger partial charge in [-0.25, -0.2) is 0 Å². The van der Waals surface area contributed by atoms with Crippen LogP contribution in [0.15, 0.2) is 0 Å². The quantitative estimate of drug-likeness (QED) is 0.744. The largest absolute Gasteiger partial charge is 0.392 e. The molecular formula is C14H30N2O. The molecule has 0 aromatic carbocycles. The van der Waals surface area contributed by atoms with Crippen LogP contribution < -0.4 is 5.32 Å². The second kappa shape index (κ2) is 7.34. The fraction of sp³-hybridized carbons (Fsp3) is 1.00. The van der Waals surface area contributed by atoms with Crippen molar-refractivity contribution in [3.63, 3.8) is 0 Å². The van der Waals surface area contributed by atoms with Crippen molar-refractivity contribution in [3.05, 3.63) is 0 Å². The average Bonchev–Trinajstić information content (AvgIpc) is 2.26. The van der Waals surface area contributed by atoms with Crippen LogP contribution in [0, 0.1) is 11.8 Å². The van der Waals surface area contributed by atoms with Crippen LogP contribution in [0.5, 0.6) is 0 Å². The first-order valence-corrected chi connectivity index (χ1v) is 7.12. The van der Waals surface area contributed by atoms with Gasteiger partial charge in [0.05, 0.1) is 6.10 Å². The molecule has 102 valence electrons. The van der Waals surface area contributed by atoms with Crippen molar-refractivity contribution in [2.75, 3.05) is 26.2 Å². The summed E-state index contributed by atoms with van der Waals surface area (Å²) in [6, 6.07) is 0.604. The molecule has 3 heteroatoms. The highest BCUT2D eigenvalue weighted by Gasteiger charge is 2.20. The average molecular weight is 242 g/mol. The lowest BCUT2D eigenvalue weighted by atomic mass is 10.0. The maximum atomic E-state index is 9.76. The minimum atomic E-state index is -0.205. The zero-order valence-corrected chi connectivity index (χ0v) is 11.9. The van der Waals surface area contributed by atoms with Gasteiger partial charge in [-0.05, 0) is 37.8 Å². The number of hydrogen-bond acceptors (Lipinski definition) is 3. The molecule has 2 N–H and O–H groups in total. The Kier molecular flexibility index (Phi) is 6.45. The Bertz CT molecular complexity index is 198. The van der Waals surface area contributed by atoms with Gasteiger partial charge in [0.2, 0.25) is 0 Å². The lowest BCUT2D eigenvalue weighted by Crippen LogP contribution is -2.46. The van der Waals surface area contributed by atoms with Crippen molar-refractivity contribution in [2.24, 2.45) is 11.8 Å². The third-order valence-corrected chi connectivity index (χ3v) is 3.60. The van der Waals surface area contributed by atoms with E-state index in [1.165, 1.54) is 32.5 Å². The number of nitrogens with zero attached hydrogens (tertiary/aromatic N) is 1. The molecule has 1 aliphatic rings. The first-order valence-electron chi connectivity index (χ1n) is 7.12. The number of piperidine rings is 1. The van der Waals surface area contributed by atoms with Crippen LogP contribution in [0.4, 0.5) is 0 Å². The molecule has 0 saturated carbocycles. The normalized spacial score (nSPS) is 21.4. The van der Waals surface area contributed by atoms with E-state index in [1.807, 2.05) is 0 Å². The van der Waals surface area contributed by atoms with Crippen LogP contribution in [0.3, 0.4) is 0 Å². The molecule has 1 fully saturated rings. The smallest absolute Gasteiger partial charge is 0.0687 e. The number of hydrogen-bond donors (Lipinski definition) is 2. The van der Waals surface area contributed by atoms with E-state index in [4.69, 9.17) is 0 Å². The highest BCUT2D eigenvalue weighted by atomic mass is 16.3. The Morgan fingerprint density at radius 2 is 1.76 bits per heavy atom. The van der Waals surface area contributed by atoms with Crippen molar-refractivity contribution in [1.29, 1.82) is 0 Å². The van der Waals surface area contributed by atoms with Crippen LogP contribution in [-0.4, -0.2) is 48.3 Å². The van der Waals surface area contributed by atoms with E-state index in [1.54, 1.807) is 0 Å². The van der Waals surface area contributed by atoms with E-state index in [2.05, 4.69) is 37.9 Å². The summed E-state index contributed by atoms with van der Waals surface area (Å²) in [6.07, 6.45) is 2.23. The molecule has 0 aliphatic carbocycles. The van der Waals surface area contributed by atoms with Crippen LogP contribution >= 0.6 is 0 Å². The third-order valence-electron chi connectivity index (χ3n) is 3.60. The molecule has 1 atom stereocenters. The van der Waals surface area contributed by atoms with Gasteiger partial charge in [0.25, 0.3) is 0 Å². The van der Waals surface area contributed by atoms with E-state index in [0.717, 1.165) is 12.5 Å². The Morgan fingerprint density at radius 3 is 2.24 bits per heavy atom. The molecule has 0 aromatic rings. The highest BCUT2D eigenvalue weighted by molar-refractivity contribution is 4.79. The standard InChI is InChI=1S/C14H30N2O/c1-11(2)10-16-7-5-13(6-8-16)15-9-14(17)12(3)4/h11-15,17H,5-10H2,1-4H3. The second-order valence-corrected chi connectivity index (χ2v) is 6.19. The molecule has 1 saturated heterocycles. The molecule has 0 bridgehead atoms. The summed E-state index contributed by atoms with van der Waals surface area (Å²) in [5.74, 6) is 1.12. The van der Waals surface area contributed by atoms with Gasteiger partial charge in [0, 0.05) is 19.1 Å². The molecule has 0 radical (unpaired) electrons. The predicted octanol–water partition coefficient (Wildman–Crippen LogP) is 1.71. The van der Waals surface area contributed by atoms with Gasteiger partial charge in [-0.15, -0.1) is 0 Å². The zero-order valence-electron chi connectivity index (χ0n) is 11.9. The van der Waals surface area contributed by atoms with Gasteiger partial charge in [-0.1, -0.05) is 27.7 Å². The molecule has 1 unspecified atom stereocenters. The Labute approximate surface area is 107 Å². The number of aliphatic hydroxyl groups is 1. The molecule has 0 spiro atoms. The minimum absolute atomic E-state index is 0.205. The molecular weight excluding hydrogens is 212 g/mol. The van der Waals surface area contributed by atoms with Gasteiger partial charge in [-0.2, -0.15) is 0 Å². The fourth-order valence-corrected chi connectivity index (χ4v) is 2.36. The number of likely N-dealkylation sites (tertiary alicyclic amines) is 1. The van der Waals surface area contributed by atoms with Gasteiger partial charge in [-0.3, -0.25) is 0 Å². The molecule has 0 amide bonds. The molecule has 3 nitrogen and oxygen atoms in total. The van der Waals surface area contributed by atoms with Gasteiger partial charge >= 0.3 is 0 Å². The van der Waals surface area contributed by atoms with E-state index in [9.17, 15) is 5.11 Å². The lowest BCUT2D eigenvalue weighted by Gasteiger charge is -2.34. The second-order valence-electron chi connectivity index (χ2n) is 6.19. The topological polar surface area (TPSA) is 35.5 Å². The maximum Gasteiger partial charge on any atom is 0.0687 e. The monoisotopic (exact) mass is 242 g/mol. The first kappa shape index (κ1) is 14.9. The molecule has 1 aliphatic heterocycles. The summed E-state index contributed by atoms with van der Waals surface area (Å²) in [6.45, 7) is 13.1. The van der Waals surface area contributed by atoms with E-state index in [0.29, 0.717) is 12.0 Å². The van der Waals surface area contributed by atoms with Crippen molar-refractivity contribution in [1.82, 2.24) is 10.2 Å². The Morgan fingerprint density at radius 1 is 1.18 bits per heavy atom. The SMILES string of the molecule is CC(C)CN1CCC(NCC(O)C(C)C)CC1. The summed E-state index contributed by atoms with van der Waals surface area (Å²) in [5.41, 5.74) is 0. The summed E-state index contributed by atoms with van der Waals surface area (Å²) < 4.78 is 0. The summed E-state index contributed by atoms with van der Waals surface area (Å²) in [4.78, 5) is 2.56. The van der Waals surface area contributed by atoms with Crippen molar-refractivity contribution >= 4 is 0 Å². The summed E-state index contributed by atoms with van der Waals surface area (Å²) in [7, 11) is 0. The minimum Gasteiger partial charge on any atom is -0.392 e. The van der Waals surface area contributed by atoms with E-state index in [-0.39, 0.29) is 6.10 Å². The summed E-state index contributed by atoms with van der Waals surface area (Å²) in [5, 5.41) is 13.3. The summed E-state index contributed by atoms with van der Waals surface area (Å²) >= 11 is 0. The zero-order chi connectivity index (χ0) is 12.8. The van der Waals surface area contributed by atoms with Crippen molar-refractivity contribution in [3.8, 4) is 0 Å². The predicted molar refractivity (Wildman–Crippen MR) is 73.1 cm³/mol. The number of nitrogens with one attached hydrogen (secondary N) is 1. The Balaban J connectivity index is 2.15. The van der Waals surface area contributed by atoms with Gasteiger partial charge in [0.15, 0.2) is 0 Å². The van der Waals surface area contributed by atoms with Gasteiger partial charge in [0.1, 0.15) is 0 Å². The van der Waals surface area contributed by atoms with Crippen molar-refractivity contribution in [2.45, 2.75) is 52.7 Å². The molecule has 1 rings (SSSR count). The van der Waals surface area contributed by atoms with Crippen LogP contribution in [0.1, 0.15) is 40.5 Å². The Hall–Kier alpha value is -0.120. The number of aliphatic hydroxyl groups excluding tert-OH is 1. The van der Waals surface area contributed by atoms with E-state index >= 15 is 0 Å².